The fraction of sp³-hybridized carbons (Fsp3) is 0.533. The summed E-state index contributed by atoms with van der Waals surface area (Å²) in [6, 6.07) is 2.51. The number of methoxy groups -OCH3 is 1. The van der Waals surface area contributed by atoms with Gasteiger partial charge in [-0.05, 0) is 38.1 Å². The molecule has 1 fully saturated rings. The van der Waals surface area contributed by atoms with E-state index in [-0.39, 0.29) is 11.1 Å². The van der Waals surface area contributed by atoms with Crippen molar-refractivity contribution in [2.75, 3.05) is 38.7 Å². The van der Waals surface area contributed by atoms with Crippen molar-refractivity contribution in [3.05, 3.63) is 29.8 Å². The van der Waals surface area contributed by atoms with Crippen molar-refractivity contribution in [3.8, 4) is 0 Å². The molecule has 5 nitrogen and oxygen atoms in total. The number of nitrogens with one attached hydrogen (secondary N) is 3. The Morgan fingerprint density at radius 3 is 2.73 bits per heavy atom. The molecule has 7 heteroatoms. The smallest absolute Gasteiger partial charge is 0.319 e. The Bertz CT molecular complexity index is 514. The van der Waals surface area contributed by atoms with E-state index in [9.17, 15) is 13.6 Å². The summed E-state index contributed by atoms with van der Waals surface area (Å²) >= 11 is 0. The minimum Gasteiger partial charge on any atom is -0.384 e. The number of anilines is 1. The highest BCUT2D eigenvalue weighted by Gasteiger charge is 2.32. The van der Waals surface area contributed by atoms with Crippen LogP contribution in [0.4, 0.5) is 19.3 Å². The molecule has 0 spiro atoms. The van der Waals surface area contributed by atoms with Crippen molar-refractivity contribution in [3.63, 3.8) is 0 Å². The first-order chi connectivity index (χ1) is 10.5. The van der Waals surface area contributed by atoms with E-state index >= 15 is 0 Å². The summed E-state index contributed by atoms with van der Waals surface area (Å²) < 4.78 is 31.6. The molecule has 1 heterocycles. The Kier molecular flexibility index (Phi) is 5.68. The molecule has 0 unspecified atom stereocenters. The quantitative estimate of drug-likeness (QED) is 0.780. The zero-order valence-corrected chi connectivity index (χ0v) is 12.5. The molecule has 1 aromatic carbocycles. The number of halogens is 2. The minimum atomic E-state index is -0.802. The van der Waals surface area contributed by atoms with Crippen LogP contribution in [0.15, 0.2) is 18.2 Å². The highest BCUT2D eigenvalue weighted by Crippen LogP contribution is 2.28. The van der Waals surface area contributed by atoms with Crippen molar-refractivity contribution >= 4 is 11.7 Å². The Morgan fingerprint density at radius 2 is 2.09 bits per heavy atom. The van der Waals surface area contributed by atoms with E-state index in [1.54, 1.807) is 7.11 Å². The standard InChI is InChI=1S/C15H21F2N3O2/c1-22-10-15(4-6-18-7-5-15)9-19-14(21)20-13-3-2-11(16)8-12(13)17/h2-3,8,18H,4-7,9-10H2,1H3,(H2,19,20,21). The van der Waals surface area contributed by atoms with Gasteiger partial charge in [0.05, 0.1) is 12.3 Å². The number of hydrogen-bond acceptors (Lipinski definition) is 3. The zero-order valence-electron chi connectivity index (χ0n) is 12.5. The van der Waals surface area contributed by atoms with E-state index in [2.05, 4.69) is 16.0 Å². The number of carbonyl (C=O) groups is 1. The predicted molar refractivity (Wildman–Crippen MR) is 79.8 cm³/mol. The fourth-order valence-electron chi connectivity index (χ4n) is 2.66. The molecule has 1 aliphatic heterocycles. The van der Waals surface area contributed by atoms with Crippen LogP contribution in [0.2, 0.25) is 0 Å². The van der Waals surface area contributed by atoms with E-state index in [1.165, 1.54) is 6.07 Å². The first-order valence-corrected chi connectivity index (χ1v) is 7.24. The van der Waals surface area contributed by atoms with E-state index in [0.29, 0.717) is 13.2 Å². The summed E-state index contributed by atoms with van der Waals surface area (Å²) in [6.07, 6.45) is 1.79. The first-order valence-electron chi connectivity index (χ1n) is 7.24. The van der Waals surface area contributed by atoms with E-state index < -0.39 is 17.7 Å². The van der Waals surface area contributed by atoms with Gasteiger partial charge in [0.1, 0.15) is 11.6 Å². The number of amides is 2. The summed E-state index contributed by atoms with van der Waals surface area (Å²) in [5, 5.41) is 8.41. The molecule has 0 aliphatic carbocycles. The molecule has 0 aromatic heterocycles. The normalized spacial score (nSPS) is 17.0. The second-order valence-electron chi connectivity index (χ2n) is 5.61. The van der Waals surface area contributed by atoms with Crippen LogP contribution in [-0.4, -0.2) is 39.4 Å². The van der Waals surface area contributed by atoms with Crippen molar-refractivity contribution in [1.29, 1.82) is 0 Å². The zero-order chi connectivity index (χ0) is 16.0. The number of rotatable bonds is 5. The van der Waals surface area contributed by atoms with Crippen molar-refractivity contribution < 1.29 is 18.3 Å². The molecule has 3 N–H and O–H groups in total. The number of ether oxygens (including phenoxy) is 1. The molecule has 1 saturated heterocycles. The van der Waals surface area contributed by atoms with Gasteiger partial charge in [0.25, 0.3) is 0 Å². The molecule has 2 rings (SSSR count). The van der Waals surface area contributed by atoms with Crippen LogP contribution < -0.4 is 16.0 Å². The molecule has 2 amide bonds. The van der Waals surface area contributed by atoms with Crippen LogP contribution in [0.25, 0.3) is 0 Å². The van der Waals surface area contributed by atoms with Crippen LogP contribution in [0.5, 0.6) is 0 Å². The highest BCUT2D eigenvalue weighted by atomic mass is 19.1. The molecule has 22 heavy (non-hydrogen) atoms. The minimum absolute atomic E-state index is 0.0509. The molecular formula is C15H21F2N3O2. The monoisotopic (exact) mass is 313 g/mol. The molecule has 0 atom stereocenters. The van der Waals surface area contributed by atoms with Crippen molar-refractivity contribution in [2.24, 2.45) is 5.41 Å². The van der Waals surface area contributed by atoms with Gasteiger partial charge in [-0.15, -0.1) is 0 Å². The Balaban J connectivity index is 1.90. The molecule has 1 aromatic rings. The van der Waals surface area contributed by atoms with E-state index in [0.717, 1.165) is 38.1 Å². The van der Waals surface area contributed by atoms with Gasteiger partial charge in [0.2, 0.25) is 0 Å². The van der Waals surface area contributed by atoms with Gasteiger partial charge < -0.3 is 20.7 Å². The van der Waals surface area contributed by atoms with E-state index in [4.69, 9.17) is 4.74 Å². The number of piperidine rings is 1. The maximum absolute atomic E-state index is 13.5. The number of urea groups is 1. The summed E-state index contributed by atoms with van der Waals surface area (Å²) in [6.45, 7) is 2.75. The largest absolute Gasteiger partial charge is 0.384 e. The van der Waals surface area contributed by atoms with Crippen molar-refractivity contribution in [1.82, 2.24) is 10.6 Å². The summed E-state index contributed by atoms with van der Waals surface area (Å²) in [4.78, 5) is 11.9. The lowest BCUT2D eigenvalue weighted by molar-refractivity contribution is 0.0558. The lowest BCUT2D eigenvalue weighted by Crippen LogP contribution is -2.48. The molecule has 0 radical (unpaired) electrons. The molecule has 122 valence electrons. The topological polar surface area (TPSA) is 62.4 Å². The van der Waals surface area contributed by atoms with Crippen molar-refractivity contribution in [2.45, 2.75) is 12.8 Å². The second kappa shape index (κ2) is 7.51. The summed E-state index contributed by atoms with van der Waals surface area (Å²) in [5.74, 6) is -1.49. The SMILES string of the molecule is COCC1(CNC(=O)Nc2ccc(F)cc2F)CCNCC1. The average molecular weight is 313 g/mol. The van der Waals surface area contributed by atoms with Crippen LogP contribution in [0.1, 0.15) is 12.8 Å². The maximum atomic E-state index is 13.5. The van der Waals surface area contributed by atoms with Crippen LogP contribution in [-0.2, 0) is 4.74 Å². The number of carbonyl (C=O) groups excluding carboxylic acids is 1. The Morgan fingerprint density at radius 1 is 1.36 bits per heavy atom. The molecule has 0 bridgehead atoms. The molecular weight excluding hydrogens is 292 g/mol. The Labute approximate surface area is 128 Å². The maximum Gasteiger partial charge on any atom is 0.319 e. The predicted octanol–water partition coefficient (Wildman–Crippen LogP) is 2.10. The molecule has 1 aliphatic rings. The van der Waals surface area contributed by atoms with Gasteiger partial charge in [0, 0.05) is 25.1 Å². The Hall–Kier alpha value is -1.73. The highest BCUT2D eigenvalue weighted by molar-refractivity contribution is 5.89. The van der Waals surface area contributed by atoms with Gasteiger partial charge >= 0.3 is 6.03 Å². The van der Waals surface area contributed by atoms with Crippen LogP contribution in [0.3, 0.4) is 0 Å². The summed E-state index contributed by atoms with van der Waals surface area (Å²) in [7, 11) is 1.64. The fourth-order valence-corrected chi connectivity index (χ4v) is 2.66. The first kappa shape index (κ1) is 16.6. The third kappa shape index (κ3) is 4.38. The third-order valence-corrected chi connectivity index (χ3v) is 3.92. The lowest BCUT2D eigenvalue weighted by atomic mass is 9.79. The van der Waals surface area contributed by atoms with Gasteiger partial charge in [-0.25, -0.2) is 13.6 Å². The average Bonchev–Trinajstić information content (AvgIpc) is 2.50. The third-order valence-electron chi connectivity index (χ3n) is 3.92. The van der Waals surface area contributed by atoms with Gasteiger partial charge in [-0.3, -0.25) is 0 Å². The lowest BCUT2D eigenvalue weighted by Gasteiger charge is -2.37. The molecule has 0 saturated carbocycles. The number of hydrogen-bond donors (Lipinski definition) is 3. The van der Waals surface area contributed by atoms with Crippen LogP contribution in [0, 0.1) is 17.0 Å². The van der Waals surface area contributed by atoms with Gasteiger partial charge in [-0.1, -0.05) is 0 Å². The number of benzene rings is 1. The van der Waals surface area contributed by atoms with Gasteiger partial charge in [-0.2, -0.15) is 0 Å². The summed E-state index contributed by atoms with van der Waals surface area (Å²) in [5.41, 5.74) is -0.163. The van der Waals surface area contributed by atoms with Crippen LogP contribution >= 0.6 is 0 Å². The van der Waals surface area contributed by atoms with Gasteiger partial charge in [0.15, 0.2) is 0 Å². The second-order valence-corrected chi connectivity index (χ2v) is 5.61. The van der Waals surface area contributed by atoms with E-state index in [1.807, 2.05) is 0 Å².